The molecule has 0 spiro atoms. The van der Waals surface area contributed by atoms with E-state index in [1.807, 2.05) is 47.6 Å². The molecule has 1 aliphatic heterocycles. The van der Waals surface area contributed by atoms with Crippen LogP contribution in [0.3, 0.4) is 0 Å². The van der Waals surface area contributed by atoms with Crippen molar-refractivity contribution in [1.29, 1.82) is 5.26 Å². The highest BCUT2D eigenvalue weighted by atomic mass is 32.2. The number of nitrogens with zero attached hydrogens (tertiary/aromatic N) is 2. The van der Waals surface area contributed by atoms with Gasteiger partial charge in [0.05, 0.1) is 18.1 Å². The zero-order valence-electron chi connectivity index (χ0n) is 21.8. The third-order valence-corrected chi connectivity index (χ3v) is 7.80. The second-order valence-electron chi connectivity index (χ2n) is 11.0. The molecule has 1 heterocycles. The van der Waals surface area contributed by atoms with Gasteiger partial charge in [0.2, 0.25) is 9.84 Å². The fraction of sp³-hybridized carbons (Fsp3) is 0.429. The second kappa shape index (κ2) is 10.1. The van der Waals surface area contributed by atoms with E-state index >= 15 is 0 Å². The summed E-state index contributed by atoms with van der Waals surface area (Å²) in [6, 6.07) is 11.0. The normalized spacial score (nSPS) is 15.5. The summed E-state index contributed by atoms with van der Waals surface area (Å²) < 4.78 is 32.2. The maximum Gasteiger partial charge on any atom is 0.254 e. The Bertz CT molecular complexity index is 1300. The van der Waals surface area contributed by atoms with Crippen LogP contribution in [0.1, 0.15) is 68.6 Å². The van der Waals surface area contributed by atoms with E-state index in [2.05, 4.69) is 0 Å². The molecule has 36 heavy (non-hydrogen) atoms. The Morgan fingerprint density at radius 3 is 2.08 bits per heavy atom. The number of amides is 1. The summed E-state index contributed by atoms with van der Waals surface area (Å²) in [5, 5.41) is 20.8. The summed E-state index contributed by atoms with van der Waals surface area (Å²) in [5.74, 6) is -0.108. The minimum absolute atomic E-state index is 0.125. The van der Waals surface area contributed by atoms with Gasteiger partial charge in [-0.1, -0.05) is 47.6 Å². The maximum atomic E-state index is 13.5. The minimum Gasteiger partial charge on any atom is -0.507 e. The van der Waals surface area contributed by atoms with Gasteiger partial charge in [-0.25, -0.2) is 8.42 Å². The number of aromatic hydroxyl groups is 1. The number of carbonyl (C=O) groups is 1. The Morgan fingerprint density at radius 2 is 1.58 bits per heavy atom. The summed E-state index contributed by atoms with van der Waals surface area (Å²) >= 11 is 0. The summed E-state index contributed by atoms with van der Waals surface area (Å²) in [7, 11) is -4.20. The lowest BCUT2D eigenvalue weighted by Crippen LogP contribution is -2.40. The van der Waals surface area contributed by atoms with Crippen molar-refractivity contribution in [3.05, 3.63) is 63.6 Å². The average molecular weight is 511 g/mol. The van der Waals surface area contributed by atoms with Crippen molar-refractivity contribution in [2.75, 3.05) is 26.3 Å². The highest BCUT2D eigenvalue weighted by Crippen LogP contribution is 2.40. The molecule has 0 bridgehead atoms. The summed E-state index contributed by atoms with van der Waals surface area (Å²) in [6.07, 6.45) is 1.33. The van der Waals surface area contributed by atoms with Gasteiger partial charge >= 0.3 is 0 Å². The second-order valence-corrected chi connectivity index (χ2v) is 12.9. The molecule has 1 saturated heterocycles. The topological polar surface area (TPSA) is 108 Å². The molecule has 7 nitrogen and oxygen atoms in total. The standard InChI is InChI=1S/C28H34N2O5S/c1-27(2,3)23-15-19(16-24(25(23)31)28(4,5)6)14-22(18-29)36(33,34)21-9-7-8-20(17-21)26(32)30-10-12-35-13-11-30/h7-9,14-17,31H,10-13H2,1-6H3. The van der Waals surface area contributed by atoms with E-state index in [0.29, 0.717) is 43.0 Å². The molecule has 3 rings (SSSR count). The van der Waals surface area contributed by atoms with E-state index in [-0.39, 0.29) is 22.1 Å². The van der Waals surface area contributed by atoms with Crippen LogP contribution in [-0.2, 0) is 25.4 Å². The Labute approximate surface area is 213 Å². The van der Waals surface area contributed by atoms with E-state index in [0.717, 1.165) is 0 Å². The lowest BCUT2D eigenvalue weighted by atomic mass is 9.78. The fourth-order valence-corrected chi connectivity index (χ4v) is 5.28. The Morgan fingerprint density at radius 1 is 1.03 bits per heavy atom. The zero-order chi connectivity index (χ0) is 26.9. The van der Waals surface area contributed by atoms with E-state index in [4.69, 9.17) is 4.74 Å². The minimum atomic E-state index is -4.20. The van der Waals surface area contributed by atoms with Crippen LogP contribution in [0.4, 0.5) is 0 Å². The Kier molecular flexibility index (Phi) is 7.68. The highest BCUT2D eigenvalue weighted by molar-refractivity contribution is 7.95. The number of nitriles is 1. The number of ether oxygens (including phenoxy) is 1. The first-order chi connectivity index (χ1) is 16.7. The summed E-state index contributed by atoms with van der Waals surface area (Å²) in [5.41, 5.74) is 1.25. The maximum absolute atomic E-state index is 13.5. The van der Waals surface area contributed by atoms with Crippen LogP contribution in [0.15, 0.2) is 46.2 Å². The number of rotatable bonds is 4. The van der Waals surface area contributed by atoms with Crippen LogP contribution < -0.4 is 0 Å². The van der Waals surface area contributed by atoms with Gasteiger partial charge in [-0.05, 0) is 52.8 Å². The van der Waals surface area contributed by atoms with E-state index in [1.54, 1.807) is 23.1 Å². The number of phenols is 1. The highest BCUT2D eigenvalue weighted by Gasteiger charge is 2.28. The monoisotopic (exact) mass is 510 g/mol. The molecule has 1 aliphatic rings. The summed E-state index contributed by atoms with van der Waals surface area (Å²) in [6.45, 7) is 13.5. The number of morpholine rings is 1. The van der Waals surface area contributed by atoms with Crippen LogP contribution in [0.25, 0.3) is 6.08 Å². The van der Waals surface area contributed by atoms with Gasteiger partial charge in [-0.2, -0.15) is 5.26 Å². The van der Waals surface area contributed by atoms with E-state index in [1.165, 1.54) is 24.3 Å². The molecule has 0 aromatic heterocycles. The molecule has 1 N–H and O–H groups in total. The lowest BCUT2D eigenvalue weighted by molar-refractivity contribution is 0.0302. The SMILES string of the molecule is CC(C)(C)c1cc(C=C(C#N)S(=O)(=O)c2cccc(C(=O)N3CCOCC3)c2)cc(C(C)(C)C)c1O. The molecule has 0 unspecified atom stereocenters. The molecule has 0 aliphatic carbocycles. The van der Waals surface area contributed by atoms with Gasteiger partial charge in [-0.15, -0.1) is 0 Å². The number of carbonyl (C=O) groups excluding carboxylic acids is 1. The van der Waals surface area contributed by atoms with Gasteiger partial charge in [0.15, 0.2) is 0 Å². The first kappa shape index (κ1) is 27.4. The van der Waals surface area contributed by atoms with Crippen LogP contribution >= 0.6 is 0 Å². The first-order valence-corrected chi connectivity index (χ1v) is 13.4. The van der Waals surface area contributed by atoms with Crippen LogP contribution in [0.2, 0.25) is 0 Å². The smallest absolute Gasteiger partial charge is 0.254 e. The van der Waals surface area contributed by atoms with Gasteiger partial charge in [0.1, 0.15) is 16.7 Å². The Hall–Kier alpha value is -3.15. The van der Waals surface area contributed by atoms with Crippen molar-refractivity contribution in [3.63, 3.8) is 0 Å². The molecule has 0 radical (unpaired) electrons. The van der Waals surface area contributed by atoms with Crippen LogP contribution in [-0.4, -0.2) is 50.6 Å². The van der Waals surface area contributed by atoms with E-state index < -0.39 is 25.6 Å². The number of allylic oxidation sites excluding steroid dienone is 1. The van der Waals surface area contributed by atoms with Gasteiger partial charge in [-0.3, -0.25) is 4.79 Å². The number of benzene rings is 2. The molecule has 0 atom stereocenters. The third kappa shape index (κ3) is 5.80. The molecule has 2 aromatic rings. The van der Waals surface area contributed by atoms with Crippen molar-refractivity contribution >= 4 is 21.8 Å². The Balaban J connectivity index is 2.09. The molecular weight excluding hydrogens is 476 g/mol. The number of hydrogen-bond donors (Lipinski definition) is 1. The van der Waals surface area contributed by atoms with Crippen molar-refractivity contribution < 1.29 is 23.1 Å². The average Bonchev–Trinajstić information content (AvgIpc) is 2.81. The number of sulfone groups is 1. The molecule has 2 aromatic carbocycles. The van der Waals surface area contributed by atoms with Gasteiger partial charge in [0, 0.05) is 29.8 Å². The van der Waals surface area contributed by atoms with Crippen LogP contribution in [0, 0.1) is 11.3 Å². The number of phenolic OH excluding ortho intramolecular Hbond substituents is 1. The fourth-order valence-electron chi connectivity index (χ4n) is 4.08. The van der Waals surface area contributed by atoms with E-state index in [9.17, 15) is 23.6 Å². The van der Waals surface area contributed by atoms with Gasteiger partial charge < -0.3 is 14.7 Å². The van der Waals surface area contributed by atoms with Crippen molar-refractivity contribution in [3.8, 4) is 11.8 Å². The summed E-state index contributed by atoms with van der Waals surface area (Å²) in [4.78, 5) is 13.9. The molecule has 1 amide bonds. The first-order valence-electron chi connectivity index (χ1n) is 11.9. The largest absolute Gasteiger partial charge is 0.507 e. The zero-order valence-corrected chi connectivity index (χ0v) is 22.6. The number of hydrogen-bond acceptors (Lipinski definition) is 6. The van der Waals surface area contributed by atoms with Crippen molar-refractivity contribution in [2.24, 2.45) is 0 Å². The van der Waals surface area contributed by atoms with Crippen molar-refractivity contribution in [2.45, 2.75) is 57.3 Å². The molecule has 192 valence electrons. The van der Waals surface area contributed by atoms with Gasteiger partial charge in [0.25, 0.3) is 5.91 Å². The lowest BCUT2D eigenvalue weighted by Gasteiger charge is -2.28. The molecule has 8 heteroatoms. The quantitative estimate of drug-likeness (QED) is 0.592. The molecule has 0 saturated carbocycles. The van der Waals surface area contributed by atoms with Crippen LogP contribution in [0.5, 0.6) is 5.75 Å². The molecular formula is C28H34N2O5S. The van der Waals surface area contributed by atoms with Crippen molar-refractivity contribution in [1.82, 2.24) is 4.90 Å². The molecule has 1 fully saturated rings. The third-order valence-electron chi connectivity index (χ3n) is 6.14. The predicted octanol–water partition coefficient (Wildman–Crippen LogP) is 4.80. The predicted molar refractivity (Wildman–Crippen MR) is 139 cm³/mol.